The van der Waals surface area contributed by atoms with Gasteiger partial charge in [-0.3, -0.25) is 39.1 Å². The van der Waals surface area contributed by atoms with Gasteiger partial charge in [0, 0.05) is 91.1 Å². The Kier molecular flexibility index (Phi) is 11.3. The number of nitrogens with zero attached hydrogens (tertiary/aromatic N) is 10. The molecule has 2 aromatic carbocycles. The topological polar surface area (TPSA) is 214 Å². The Morgan fingerprint density at radius 3 is 2.30 bits per heavy atom. The van der Waals surface area contributed by atoms with Crippen LogP contribution in [0.1, 0.15) is 69.7 Å². The lowest BCUT2D eigenvalue weighted by Crippen LogP contribution is -2.54. The van der Waals surface area contributed by atoms with Gasteiger partial charge in [-0.05, 0) is 68.4 Å². The van der Waals surface area contributed by atoms with Gasteiger partial charge in [0.2, 0.25) is 17.8 Å². The maximum Gasteiger partial charge on any atom is 0.320 e. The summed E-state index contributed by atoms with van der Waals surface area (Å²) in [5, 5.41) is 13.1. The third-order valence-electron chi connectivity index (χ3n) is 13.2. The Morgan fingerprint density at radius 1 is 0.825 bits per heavy atom. The molecule has 332 valence electrons. The number of amides is 7. The second-order valence-electron chi connectivity index (χ2n) is 17.1. The van der Waals surface area contributed by atoms with Crippen molar-refractivity contribution in [1.29, 1.82) is 0 Å². The minimum absolute atomic E-state index is 0.0382. The molecule has 7 heterocycles. The number of hydrogen-bond donors (Lipinski definition) is 3. The predicted octanol–water partition coefficient (Wildman–Crippen LogP) is 1.77. The fourth-order valence-electron chi connectivity index (χ4n) is 9.68. The molecule has 5 saturated heterocycles. The van der Waals surface area contributed by atoms with Crippen molar-refractivity contribution in [3.63, 3.8) is 0 Å². The van der Waals surface area contributed by atoms with Gasteiger partial charge in [0.1, 0.15) is 6.04 Å². The average Bonchev–Trinajstić information content (AvgIpc) is 3.75. The Hall–Kier alpha value is -6.51. The molecule has 2 unspecified atom stereocenters. The molecular formula is C42H49F2N13O6. The SMILES string of the molecule is CN1CCN(C2CCCN(c3nnc(C(N)=O)c(Nc4ccc(N5CCN(CC6CCN(c7ccc8c(c7)C(=O)N(C7CCC(=O)NC7=O)C8=O)CC6)CC5)c(F)c4F)n3)C2)C1=O. The Morgan fingerprint density at radius 2 is 1.59 bits per heavy atom. The van der Waals surface area contributed by atoms with Crippen LogP contribution in [0.4, 0.5) is 42.4 Å². The summed E-state index contributed by atoms with van der Waals surface area (Å²) < 4.78 is 31.6. The van der Waals surface area contributed by atoms with Crippen molar-refractivity contribution < 1.29 is 37.5 Å². The van der Waals surface area contributed by atoms with Gasteiger partial charge in [0.05, 0.1) is 28.5 Å². The van der Waals surface area contributed by atoms with Crippen molar-refractivity contribution in [2.75, 3.05) is 99.1 Å². The fraction of sp³-hybridized carbons (Fsp3) is 0.500. The number of carbonyl (C=O) groups excluding carboxylic acids is 6. The third kappa shape index (κ3) is 8.04. The minimum Gasteiger partial charge on any atom is -0.371 e. The van der Waals surface area contributed by atoms with Crippen LogP contribution >= 0.6 is 0 Å². The number of halogens is 2. The van der Waals surface area contributed by atoms with Crippen LogP contribution in [0.2, 0.25) is 0 Å². The highest BCUT2D eigenvalue weighted by molar-refractivity contribution is 6.23. The summed E-state index contributed by atoms with van der Waals surface area (Å²) in [4.78, 5) is 92.7. The molecule has 0 radical (unpaired) electrons. The van der Waals surface area contributed by atoms with Crippen LogP contribution in [-0.2, 0) is 9.59 Å². The molecule has 0 bridgehead atoms. The number of rotatable bonds is 10. The number of hydrogen-bond acceptors (Lipinski definition) is 14. The van der Waals surface area contributed by atoms with E-state index >= 15 is 8.78 Å². The van der Waals surface area contributed by atoms with E-state index in [9.17, 15) is 28.8 Å². The van der Waals surface area contributed by atoms with Gasteiger partial charge in [-0.1, -0.05) is 0 Å². The maximum absolute atomic E-state index is 15.8. The van der Waals surface area contributed by atoms with Gasteiger partial charge >= 0.3 is 6.03 Å². The fourth-order valence-corrected chi connectivity index (χ4v) is 9.68. The number of piperidine rings is 3. The molecule has 9 rings (SSSR count). The number of urea groups is 1. The summed E-state index contributed by atoms with van der Waals surface area (Å²) in [5.41, 5.74) is 6.46. The standard InChI is InChI=1S/C42H49F2N13O6/c1-51-15-20-56(42(51)63)26-3-2-12-55(23-26)41-48-37(35(36(45)59)49-50-41)46-29-6-7-30(34(44)33(29)43)54-18-16-52(17-19-54)22-24-10-13-53(14-11-24)25-4-5-27-28(21-25)40(62)57(39(27)61)31-8-9-32(58)47-38(31)60/h4-7,21,24,26,31H,2-3,8-20,22-23H2,1H3,(H2,45,59)(H,46,48,50)(H,47,58,60). The monoisotopic (exact) mass is 869 g/mol. The van der Waals surface area contributed by atoms with E-state index in [1.165, 1.54) is 12.1 Å². The number of primary amides is 1. The smallest absolute Gasteiger partial charge is 0.320 e. The average molecular weight is 870 g/mol. The largest absolute Gasteiger partial charge is 0.371 e. The van der Waals surface area contributed by atoms with E-state index in [-0.39, 0.29) is 64.9 Å². The molecule has 6 aliphatic heterocycles. The minimum atomic E-state index is -1.14. The van der Waals surface area contributed by atoms with Gasteiger partial charge in [-0.15, -0.1) is 10.2 Å². The maximum atomic E-state index is 15.8. The van der Waals surface area contributed by atoms with Gasteiger partial charge in [0.15, 0.2) is 23.1 Å². The van der Waals surface area contributed by atoms with Crippen molar-refractivity contribution in [3.05, 3.63) is 58.8 Å². The summed E-state index contributed by atoms with van der Waals surface area (Å²) in [6.07, 6.45) is 3.54. The van der Waals surface area contributed by atoms with Crippen molar-refractivity contribution in [1.82, 2.24) is 40.1 Å². The highest BCUT2D eigenvalue weighted by Gasteiger charge is 2.45. The quantitative estimate of drug-likeness (QED) is 0.248. The van der Waals surface area contributed by atoms with Crippen LogP contribution in [0.15, 0.2) is 30.3 Å². The summed E-state index contributed by atoms with van der Waals surface area (Å²) in [5.74, 6) is -4.82. The molecular weight excluding hydrogens is 821 g/mol. The van der Waals surface area contributed by atoms with Crippen molar-refractivity contribution in [2.24, 2.45) is 11.7 Å². The first-order valence-corrected chi connectivity index (χ1v) is 21.5. The van der Waals surface area contributed by atoms with Crippen LogP contribution in [0.3, 0.4) is 0 Å². The molecule has 5 fully saturated rings. The summed E-state index contributed by atoms with van der Waals surface area (Å²) in [6.45, 7) is 6.92. The van der Waals surface area contributed by atoms with E-state index < -0.39 is 47.2 Å². The number of anilines is 5. The number of imide groups is 2. The number of likely N-dealkylation sites (N-methyl/N-ethyl adjacent to an activating group) is 1. The Labute approximate surface area is 361 Å². The Bertz CT molecular complexity index is 2370. The van der Waals surface area contributed by atoms with Gasteiger partial charge < -0.3 is 35.6 Å². The third-order valence-corrected chi connectivity index (χ3v) is 13.2. The summed E-state index contributed by atoms with van der Waals surface area (Å²) in [7, 11) is 1.76. The van der Waals surface area contributed by atoms with E-state index in [1.54, 1.807) is 24.1 Å². The normalized spacial score (nSPS) is 22.6. The summed E-state index contributed by atoms with van der Waals surface area (Å²) >= 11 is 0. The molecule has 7 amide bonds. The zero-order valence-electron chi connectivity index (χ0n) is 34.9. The van der Waals surface area contributed by atoms with E-state index in [2.05, 4.69) is 35.6 Å². The lowest BCUT2D eigenvalue weighted by Gasteiger charge is -2.40. The molecule has 1 aromatic heterocycles. The number of piperazine rings is 1. The molecule has 63 heavy (non-hydrogen) atoms. The molecule has 6 aliphatic rings. The molecule has 2 atom stereocenters. The van der Waals surface area contributed by atoms with Gasteiger partial charge in [0.25, 0.3) is 17.7 Å². The number of fused-ring (bicyclic) bond motifs is 1. The number of carbonyl (C=O) groups is 6. The molecule has 0 saturated carbocycles. The molecule has 4 N–H and O–H groups in total. The van der Waals surface area contributed by atoms with Gasteiger partial charge in [-0.25, -0.2) is 13.6 Å². The van der Waals surface area contributed by atoms with Crippen LogP contribution in [0.5, 0.6) is 0 Å². The zero-order chi connectivity index (χ0) is 44.1. The highest BCUT2D eigenvalue weighted by atomic mass is 19.2. The van der Waals surface area contributed by atoms with E-state index in [0.717, 1.165) is 55.9 Å². The van der Waals surface area contributed by atoms with Crippen LogP contribution in [0.25, 0.3) is 0 Å². The first kappa shape index (κ1) is 41.8. The lowest BCUT2D eigenvalue weighted by atomic mass is 9.95. The first-order valence-electron chi connectivity index (χ1n) is 21.5. The molecule has 3 aromatic rings. The van der Waals surface area contributed by atoms with Crippen molar-refractivity contribution in [3.8, 4) is 0 Å². The van der Waals surface area contributed by atoms with E-state index in [0.29, 0.717) is 58.3 Å². The van der Waals surface area contributed by atoms with Crippen LogP contribution in [0, 0.1) is 17.6 Å². The predicted molar refractivity (Wildman–Crippen MR) is 225 cm³/mol. The Balaban J connectivity index is 0.782. The first-order chi connectivity index (χ1) is 30.3. The highest BCUT2D eigenvalue weighted by Crippen LogP contribution is 2.34. The lowest BCUT2D eigenvalue weighted by molar-refractivity contribution is -0.136. The number of benzene rings is 2. The second kappa shape index (κ2) is 17.0. The van der Waals surface area contributed by atoms with Crippen molar-refractivity contribution in [2.45, 2.75) is 50.6 Å². The van der Waals surface area contributed by atoms with Gasteiger partial charge in [-0.2, -0.15) is 4.98 Å². The number of aromatic nitrogens is 3. The van der Waals surface area contributed by atoms with E-state index in [1.807, 2.05) is 20.8 Å². The molecule has 19 nitrogen and oxygen atoms in total. The molecule has 0 aliphatic carbocycles. The van der Waals surface area contributed by atoms with Crippen molar-refractivity contribution >= 4 is 64.4 Å². The number of nitrogens with one attached hydrogen (secondary N) is 2. The molecule has 21 heteroatoms. The van der Waals surface area contributed by atoms with Crippen LogP contribution < -0.4 is 31.1 Å². The van der Waals surface area contributed by atoms with E-state index in [4.69, 9.17) is 5.73 Å². The zero-order valence-corrected chi connectivity index (χ0v) is 34.9. The number of nitrogens with two attached hydrogens (primary N) is 1. The van der Waals surface area contributed by atoms with Crippen LogP contribution in [-0.4, -0.2) is 161 Å². The summed E-state index contributed by atoms with van der Waals surface area (Å²) in [6, 6.07) is 6.96. The second-order valence-corrected chi connectivity index (χ2v) is 17.1. The molecule has 0 spiro atoms.